The zero-order chi connectivity index (χ0) is 13.8. The van der Waals surface area contributed by atoms with E-state index in [4.69, 9.17) is 4.74 Å². The van der Waals surface area contributed by atoms with Crippen LogP contribution >= 0.6 is 0 Å². The Morgan fingerprint density at radius 3 is 3.00 bits per heavy atom. The third-order valence-corrected chi connectivity index (χ3v) is 3.39. The van der Waals surface area contributed by atoms with Crippen molar-refractivity contribution in [2.24, 2.45) is 0 Å². The van der Waals surface area contributed by atoms with Gasteiger partial charge in [0.2, 0.25) is 6.41 Å². The van der Waals surface area contributed by atoms with Crippen LogP contribution in [0.3, 0.4) is 0 Å². The lowest BCUT2D eigenvalue weighted by molar-refractivity contribution is -0.105. The van der Waals surface area contributed by atoms with Gasteiger partial charge in [-0.15, -0.1) is 0 Å². The van der Waals surface area contributed by atoms with Crippen LogP contribution in [0.1, 0.15) is 11.3 Å². The molecule has 0 radical (unpaired) electrons. The lowest BCUT2D eigenvalue weighted by Gasteiger charge is -2.28. The van der Waals surface area contributed by atoms with Gasteiger partial charge in [0.15, 0.2) is 0 Å². The number of carbonyl (C=O) groups is 1. The van der Waals surface area contributed by atoms with Crippen LogP contribution in [0.15, 0.2) is 10.9 Å². The molecule has 1 aromatic rings. The molecule has 1 N–H and O–H groups in total. The molecule has 2 rings (SSSR count). The highest BCUT2D eigenvalue weighted by Crippen LogP contribution is 2.19. The molecule has 6 heteroatoms. The van der Waals surface area contributed by atoms with Crippen molar-refractivity contribution in [3.8, 4) is 0 Å². The predicted molar refractivity (Wildman–Crippen MR) is 72.3 cm³/mol. The highest BCUT2D eigenvalue weighted by atomic mass is 16.5. The number of fused-ring (bicyclic) bond motifs is 1. The van der Waals surface area contributed by atoms with Crippen LogP contribution in [0.2, 0.25) is 0 Å². The van der Waals surface area contributed by atoms with Gasteiger partial charge in [0.25, 0.3) is 5.56 Å². The van der Waals surface area contributed by atoms with Crippen molar-refractivity contribution < 1.29 is 9.53 Å². The first-order chi connectivity index (χ1) is 9.17. The molecule has 1 aromatic heterocycles. The highest BCUT2D eigenvalue weighted by Gasteiger charge is 2.19. The summed E-state index contributed by atoms with van der Waals surface area (Å²) in [6.45, 7) is 2.71. The summed E-state index contributed by atoms with van der Waals surface area (Å²) in [7, 11) is 3.65. The van der Waals surface area contributed by atoms with Crippen LogP contribution < -0.4 is 10.9 Å². The minimum absolute atomic E-state index is 0.160. The topological polar surface area (TPSA) is 63.6 Å². The third-order valence-electron chi connectivity index (χ3n) is 3.39. The van der Waals surface area contributed by atoms with Gasteiger partial charge in [-0.1, -0.05) is 0 Å². The number of nitrogens with zero attached hydrogens (tertiary/aromatic N) is 2. The maximum absolute atomic E-state index is 12.3. The fourth-order valence-corrected chi connectivity index (χ4v) is 2.45. The smallest absolute Gasteiger partial charge is 0.274 e. The van der Waals surface area contributed by atoms with E-state index in [-0.39, 0.29) is 5.56 Å². The van der Waals surface area contributed by atoms with Gasteiger partial charge in [-0.2, -0.15) is 0 Å². The summed E-state index contributed by atoms with van der Waals surface area (Å²) in [5, 5.41) is 2.48. The zero-order valence-corrected chi connectivity index (χ0v) is 11.3. The number of carbonyl (C=O) groups excluding carboxylic acids is 1. The zero-order valence-electron chi connectivity index (χ0n) is 11.3. The van der Waals surface area contributed by atoms with E-state index in [1.165, 1.54) is 0 Å². The Kier molecular flexibility index (Phi) is 4.34. The van der Waals surface area contributed by atoms with Crippen LogP contribution in [0.4, 0.5) is 5.69 Å². The Labute approximate surface area is 112 Å². The molecule has 2 heterocycles. The van der Waals surface area contributed by atoms with E-state index in [2.05, 4.69) is 10.2 Å². The van der Waals surface area contributed by atoms with Gasteiger partial charge in [-0.05, 0) is 18.7 Å². The average Bonchev–Trinajstić information content (AvgIpc) is 2.39. The maximum Gasteiger partial charge on any atom is 0.274 e. The first-order valence-corrected chi connectivity index (χ1v) is 6.30. The normalized spacial score (nSPS) is 15.1. The molecule has 0 aromatic carbocycles. The Bertz CT molecular complexity index is 525. The third kappa shape index (κ3) is 2.85. The molecule has 19 heavy (non-hydrogen) atoms. The number of amides is 1. The number of pyridine rings is 1. The van der Waals surface area contributed by atoms with Crippen LogP contribution in [-0.2, 0) is 29.0 Å². The second-order valence-corrected chi connectivity index (χ2v) is 4.73. The van der Waals surface area contributed by atoms with E-state index in [0.717, 1.165) is 30.8 Å². The quantitative estimate of drug-likeness (QED) is 0.764. The summed E-state index contributed by atoms with van der Waals surface area (Å²) in [6.07, 6.45) is 1.38. The number of nitrogens with one attached hydrogen (secondary N) is 1. The van der Waals surface area contributed by atoms with Gasteiger partial charge in [0.05, 0.1) is 6.61 Å². The number of hydrogen-bond acceptors (Lipinski definition) is 4. The van der Waals surface area contributed by atoms with Gasteiger partial charge in [-0.25, -0.2) is 0 Å². The second-order valence-electron chi connectivity index (χ2n) is 4.73. The first kappa shape index (κ1) is 13.8. The monoisotopic (exact) mass is 265 g/mol. The Balaban J connectivity index is 2.48. The minimum Gasteiger partial charge on any atom is -0.383 e. The van der Waals surface area contributed by atoms with Crippen molar-refractivity contribution in [1.29, 1.82) is 0 Å². The number of hydrogen-bond donors (Lipinski definition) is 1. The van der Waals surface area contributed by atoms with E-state index < -0.39 is 0 Å². The van der Waals surface area contributed by atoms with Crippen molar-refractivity contribution in [3.05, 3.63) is 27.7 Å². The van der Waals surface area contributed by atoms with Crippen LogP contribution in [0.25, 0.3) is 0 Å². The van der Waals surface area contributed by atoms with E-state index in [1.807, 2.05) is 7.05 Å². The molecule has 0 atom stereocenters. The molecule has 6 nitrogen and oxygen atoms in total. The number of likely N-dealkylation sites (N-methyl/N-ethyl adjacent to an activating group) is 1. The summed E-state index contributed by atoms with van der Waals surface area (Å²) < 4.78 is 6.77. The summed E-state index contributed by atoms with van der Waals surface area (Å²) in [5.41, 5.74) is 2.32. The Hall–Kier alpha value is -1.66. The fraction of sp³-hybridized carbons (Fsp3) is 0.538. The number of ether oxygens (including phenoxy) is 1. The maximum atomic E-state index is 12.3. The molecule has 0 saturated carbocycles. The van der Waals surface area contributed by atoms with E-state index in [0.29, 0.717) is 25.2 Å². The molecular weight excluding hydrogens is 246 g/mol. The molecule has 0 saturated heterocycles. The number of methoxy groups -OCH3 is 1. The lowest BCUT2D eigenvalue weighted by Crippen LogP contribution is -2.35. The standard InChI is InChI=1S/C13H19N3O3/c1-15-4-3-12-10(8-15)7-11(14-9-17)13(18)16(12)5-6-19-2/h7,9H,3-6,8H2,1-2H3,(H,14,17). The first-order valence-electron chi connectivity index (χ1n) is 6.30. The van der Waals surface area contributed by atoms with Crippen LogP contribution in [0, 0.1) is 0 Å². The van der Waals surface area contributed by atoms with E-state index in [1.54, 1.807) is 17.7 Å². The number of anilines is 1. The largest absolute Gasteiger partial charge is 0.383 e. The van der Waals surface area contributed by atoms with Crippen molar-refractivity contribution in [2.75, 3.05) is 32.6 Å². The molecule has 0 bridgehead atoms. The SMILES string of the molecule is COCCn1c2c(cc(NC=O)c1=O)CN(C)CC2. The summed E-state index contributed by atoms with van der Waals surface area (Å²) in [6, 6.07) is 1.78. The second kappa shape index (κ2) is 5.99. The van der Waals surface area contributed by atoms with E-state index >= 15 is 0 Å². The minimum atomic E-state index is -0.160. The van der Waals surface area contributed by atoms with Crippen molar-refractivity contribution in [1.82, 2.24) is 9.47 Å². The molecule has 0 unspecified atom stereocenters. The molecule has 0 spiro atoms. The van der Waals surface area contributed by atoms with Crippen molar-refractivity contribution >= 4 is 12.1 Å². The lowest BCUT2D eigenvalue weighted by atomic mass is 10.0. The molecule has 0 fully saturated rings. The summed E-state index contributed by atoms with van der Waals surface area (Å²) >= 11 is 0. The molecule has 0 aliphatic carbocycles. The molecule has 1 aliphatic heterocycles. The van der Waals surface area contributed by atoms with E-state index in [9.17, 15) is 9.59 Å². The summed E-state index contributed by atoms with van der Waals surface area (Å²) in [5.74, 6) is 0. The average molecular weight is 265 g/mol. The van der Waals surface area contributed by atoms with Crippen LogP contribution in [0.5, 0.6) is 0 Å². The van der Waals surface area contributed by atoms with Gasteiger partial charge < -0.3 is 19.5 Å². The van der Waals surface area contributed by atoms with Gasteiger partial charge in [0.1, 0.15) is 5.69 Å². The molecule has 104 valence electrons. The predicted octanol–water partition coefficient (Wildman–Crippen LogP) is 0.0509. The van der Waals surface area contributed by atoms with Gasteiger partial charge in [0, 0.05) is 38.9 Å². The Morgan fingerprint density at radius 2 is 2.32 bits per heavy atom. The highest BCUT2D eigenvalue weighted by molar-refractivity contribution is 5.71. The van der Waals surface area contributed by atoms with Crippen molar-refractivity contribution in [3.63, 3.8) is 0 Å². The molecule has 1 aliphatic rings. The number of aromatic nitrogens is 1. The number of rotatable bonds is 5. The molecular formula is C13H19N3O3. The van der Waals surface area contributed by atoms with Crippen LogP contribution in [-0.4, -0.2) is 43.2 Å². The Morgan fingerprint density at radius 1 is 1.53 bits per heavy atom. The van der Waals surface area contributed by atoms with Crippen molar-refractivity contribution in [2.45, 2.75) is 19.5 Å². The molecule has 1 amide bonds. The fourth-order valence-electron chi connectivity index (χ4n) is 2.45. The van der Waals surface area contributed by atoms with Gasteiger partial charge in [-0.3, -0.25) is 9.59 Å². The summed E-state index contributed by atoms with van der Waals surface area (Å²) in [4.78, 5) is 25.1. The van der Waals surface area contributed by atoms with Gasteiger partial charge >= 0.3 is 0 Å².